The standard InChI is InChI=1S/C22H21ClN2O4S/c1-16-8-11-19(12-9-16)30(27,28)25(20-14-17(23)10-13-21(20)29-2)15-22(26)24-18-6-4-3-5-7-18/h3-14H,15H2,1-2H3,(H,24,26). The maximum absolute atomic E-state index is 13.5. The molecular weight excluding hydrogens is 424 g/mol. The van der Waals surface area contributed by atoms with Gasteiger partial charge in [0.2, 0.25) is 5.91 Å². The zero-order chi connectivity index (χ0) is 21.7. The summed E-state index contributed by atoms with van der Waals surface area (Å²) in [7, 11) is -2.65. The van der Waals surface area contributed by atoms with Gasteiger partial charge in [-0.05, 0) is 49.4 Å². The van der Waals surface area contributed by atoms with Crippen molar-refractivity contribution in [2.75, 3.05) is 23.3 Å². The molecule has 1 N–H and O–H groups in total. The molecule has 0 aliphatic rings. The number of sulfonamides is 1. The molecule has 0 heterocycles. The zero-order valence-electron chi connectivity index (χ0n) is 16.5. The number of methoxy groups -OCH3 is 1. The van der Waals surface area contributed by atoms with E-state index in [4.69, 9.17) is 16.3 Å². The molecule has 0 aliphatic heterocycles. The molecule has 3 aromatic rings. The Kier molecular flexibility index (Phi) is 6.64. The van der Waals surface area contributed by atoms with Gasteiger partial charge in [0.05, 0.1) is 17.7 Å². The average molecular weight is 445 g/mol. The number of benzene rings is 3. The summed E-state index contributed by atoms with van der Waals surface area (Å²) in [6.07, 6.45) is 0. The van der Waals surface area contributed by atoms with Gasteiger partial charge in [0.15, 0.2) is 0 Å². The van der Waals surface area contributed by atoms with Gasteiger partial charge in [-0.2, -0.15) is 0 Å². The van der Waals surface area contributed by atoms with Gasteiger partial charge in [-0.25, -0.2) is 8.42 Å². The molecule has 8 heteroatoms. The van der Waals surface area contributed by atoms with Crippen LogP contribution in [0.3, 0.4) is 0 Å². The van der Waals surface area contributed by atoms with Crippen LogP contribution in [0, 0.1) is 6.92 Å². The minimum Gasteiger partial charge on any atom is -0.495 e. The second-order valence-electron chi connectivity index (χ2n) is 6.56. The zero-order valence-corrected chi connectivity index (χ0v) is 18.1. The Bertz CT molecular complexity index is 1130. The van der Waals surface area contributed by atoms with Crippen molar-refractivity contribution in [3.05, 3.63) is 83.4 Å². The van der Waals surface area contributed by atoms with E-state index in [1.165, 1.54) is 25.3 Å². The third-order valence-electron chi connectivity index (χ3n) is 4.36. The molecule has 0 saturated heterocycles. The van der Waals surface area contributed by atoms with Crippen LogP contribution in [0.25, 0.3) is 0 Å². The predicted molar refractivity (Wildman–Crippen MR) is 119 cm³/mol. The van der Waals surface area contributed by atoms with Crippen molar-refractivity contribution >= 4 is 38.9 Å². The highest BCUT2D eigenvalue weighted by Gasteiger charge is 2.29. The Hall–Kier alpha value is -3.03. The summed E-state index contributed by atoms with van der Waals surface area (Å²) in [4.78, 5) is 12.8. The Morgan fingerprint density at radius 3 is 2.33 bits per heavy atom. The Morgan fingerprint density at radius 1 is 1.03 bits per heavy atom. The van der Waals surface area contributed by atoms with Gasteiger partial charge < -0.3 is 10.1 Å². The monoisotopic (exact) mass is 444 g/mol. The van der Waals surface area contributed by atoms with Gasteiger partial charge in [-0.1, -0.05) is 47.5 Å². The van der Waals surface area contributed by atoms with Crippen molar-refractivity contribution in [3.8, 4) is 5.75 Å². The van der Waals surface area contributed by atoms with Crippen LogP contribution in [0.15, 0.2) is 77.7 Å². The number of ether oxygens (including phenoxy) is 1. The summed E-state index contributed by atoms with van der Waals surface area (Å²) in [6, 6.07) is 19.8. The average Bonchev–Trinajstić information content (AvgIpc) is 2.73. The number of amides is 1. The smallest absolute Gasteiger partial charge is 0.264 e. The van der Waals surface area contributed by atoms with Gasteiger partial charge in [0.25, 0.3) is 10.0 Å². The molecule has 0 atom stereocenters. The second-order valence-corrected chi connectivity index (χ2v) is 8.85. The highest BCUT2D eigenvalue weighted by Crippen LogP contribution is 2.34. The fourth-order valence-corrected chi connectivity index (χ4v) is 4.44. The van der Waals surface area contributed by atoms with Crippen LogP contribution < -0.4 is 14.4 Å². The van der Waals surface area contributed by atoms with Crippen LogP contribution in [0.4, 0.5) is 11.4 Å². The first-order valence-electron chi connectivity index (χ1n) is 9.09. The number of aryl methyl sites for hydroxylation is 1. The SMILES string of the molecule is COc1ccc(Cl)cc1N(CC(=O)Nc1ccccc1)S(=O)(=O)c1ccc(C)cc1. The lowest BCUT2D eigenvalue weighted by molar-refractivity contribution is -0.114. The minimum atomic E-state index is -4.07. The van der Waals surface area contributed by atoms with Crippen molar-refractivity contribution in [2.24, 2.45) is 0 Å². The molecule has 0 fully saturated rings. The number of hydrogen-bond acceptors (Lipinski definition) is 4. The van der Waals surface area contributed by atoms with Crippen molar-refractivity contribution < 1.29 is 17.9 Å². The molecule has 0 aliphatic carbocycles. The lowest BCUT2D eigenvalue weighted by Crippen LogP contribution is -2.38. The lowest BCUT2D eigenvalue weighted by Gasteiger charge is -2.26. The molecule has 0 saturated carbocycles. The maximum Gasteiger partial charge on any atom is 0.264 e. The maximum atomic E-state index is 13.5. The molecule has 0 bridgehead atoms. The first-order valence-corrected chi connectivity index (χ1v) is 10.9. The Balaban J connectivity index is 2.04. The first kappa shape index (κ1) is 21.7. The fraction of sp³-hybridized carbons (Fsp3) is 0.136. The summed E-state index contributed by atoms with van der Waals surface area (Å²) in [5.41, 5.74) is 1.66. The topological polar surface area (TPSA) is 75.7 Å². The van der Waals surface area contributed by atoms with Gasteiger partial charge in [0.1, 0.15) is 12.3 Å². The molecule has 6 nitrogen and oxygen atoms in total. The van der Waals surface area contributed by atoms with Crippen LogP contribution in [0.5, 0.6) is 5.75 Å². The number of carbonyl (C=O) groups is 1. The van der Waals surface area contributed by atoms with Crippen LogP contribution in [-0.2, 0) is 14.8 Å². The summed E-state index contributed by atoms with van der Waals surface area (Å²) in [5, 5.41) is 3.03. The predicted octanol–water partition coefficient (Wildman–Crippen LogP) is 4.49. The minimum absolute atomic E-state index is 0.0580. The summed E-state index contributed by atoms with van der Waals surface area (Å²) < 4.78 is 33.3. The number of nitrogens with one attached hydrogen (secondary N) is 1. The highest BCUT2D eigenvalue weighted by atomic mass is 35.5. The van der Waals surface area contributed by atoms with Gasteiger partial charge in [-0.15, -0.1) is 0 Å². The number of carbonyl (C=O) groups excluding carboxylic acids is 1. The van der Waals surface area contributed by atoms with E-state index in [-0.39, 0.29) is 16.3 Å². The van der Waals surface area contributed by atoms with Crippen molar-refractivity contribution in [1.29, 1.82) is 0 Å². The van der Waals surface area contributed by atoms with E-state index in [0.717, 1.165) is 9.87 Å². The fourth-order valence-electron chi connectivity index (χ4n) is 2.85. The molecule has 0 spiro atoms. The number of hydrogen-bond donors (Lipinski definition) is 1. The van der Waals surface area contributed by atoms with E-state index in [9.17, 15) is 13.2 Å². The Labute approximate surface area is 181 Å². The van der Waals surface area contributed by atoms with Gasteiger partial charge >= 0.3 is 0 Å². The van der Waals surface area contributed by atoms with Crippen molar-refractivity contribution in [3.63, 3.8) is 0 Å². The molecule has 1 amide bonds. The number of anilines is 2. The summed E-state index contributed by atoms with van der Waals surface area (Å²) in [6.45, 7) is 1.41. The number of rotatable bonds is 7. The molecule has 0 unspecified atom stereocenters. The van der Waals surface area contributed by atoms with E-state index < -0.39 is 22.5 Å². The first-order chi connectivity index (χ1) is 14.3. The normalized spacial score (nSPS) is 11.0. The summed E-state index contributed by atoms with van der Waals surface area (Å²) in [5.74, 6) is -0.221. The largest absolute Gasteiger partial charge is 0.495 e. The highest BCUT2D eigenvalue weighted by molar-refractivity contribution is 7.92. The molecule has 0 aromatic heterocycles. The van der Waals surface area contributed by atoms with Gasteiger partial charge in [-0.3, -0.25) is 9.10 Å². The lowest BCUT2D eigenvalue weighted by atomic mass is 10.2. The number of halogens is 1. The second kappa shape index (κ2) is 9.19. The molecule has 3 rings (SSSR count). The quantitative estimate of drug-likeness (QED) is 0.582. The van der Waals surface area contributed by atoms with Crippen LogP contribution in [-0.4, -0.2) is 28.0 Å². The number of nitrogens with zero attached hydrogens (tertiary/aromatic N) is 1. The van der Waals surface area contributed by atoms with Crippen LogP contribution in [0.1, 0.15) is 5.56 Å². The number of para-hydroxylation sites is 1. The van der Waals surface area contributed by atoms with Crippen molar-refractivity contribution in [1.82, 2.24) is 0 Å². The molecule has 156 valence electrons. The van der Waals surface area contributed by atoms with Crippen LogP contribution in [0.2, 0.25) is 5.02 Å². The summed E-state index contributed by atoms with van der Waals surface area (Å²) >= 11 is 6.12. The molecular formula is C22H21ClN2O4S. The van der Waals surface area contributed by atoms with E-state index in [1.807, 2.05) is 13.0 Å². The van der Waals surface area contributed by atoms with E-state index in [1.54, 1.807) is 48.5 Å². The van der Waals surface area contributed by atoms with Crippen LogP contribution >= 0.6 is 11.6 Å². The van der Waals surface area contributed by atoms with E-state index >= 15 is 0 Å². The Morgan fingerprint density at radius 2 is 1.70 bits per heavy atom. The van der Waals surface area contributed by atoms with E-state index in [0.29, 0.717) is 10.7 Å². The third kappa shape index (κ3) is 4.93. The van der Waals surface area contributed by atoms with Crippen molar-refractivity contribution in [2.45, 2.75) is 11.8 Å². The molecule has 0 radical (unpaired) electrons. The van der Waals surface area contributed by atoms with E-state index in [2.05, 4.69) is 5.32 Å². The molecule has 30 heavy (non-hydrogen) atoms. The third-order valence-corrected chi connectivity index (χ3v) is 6.37. The molecule has 3 aromatic carbocycles. The van der Waals surface area contributed by atoms with Gasteiger partial charge in [0, 0.05) is 10.7 Å².